The molecule has 1 amide bonds. The maximum absolute atomic E-state index is 12.7. The summed E-state index contributed by atoms with van der Waals surface area (Å²) in [5, 5.41) is 0. The zero-order valence-electron chi connectivity index (χ0n) is 16.0. The Kier molecular flexibility index (Phi) is 5.42. The summed E-state index contributed by atoms with van der Waals surface area (Å²) in [7, 11) is -0.161. The molecular weight excluding hydrogens is 380 g/mol. The Bertz CT molecular complexity index is 1000. The van der Waals surface area contributed by atoms with Crippen molar-refractivity contribution >= 4 is 27.6 Å². The van der Waals surface area contributed by atoms with Gasteiger partial charge in [0.25, 0.3) is 5.91 Å². The minimum Gasteiger partial charge on any atom is -0.444 e. The number of fused-ring (bicyclic) bond motifs is 1. The van der Waals surface area contributed by atoms with Gasteiger partial charge in [-0.15, -0.1) is 0 Å². The van der Waals surface area contributed by atoms with Gasteiger partial charge in [0.15, 0.2) is 0 Å². The highest BCUT2D eigenvalue weighted by Gasteiger charge is 2.29. The van der Waals surface area contributed by atoms with Crippen molar-refractivity contribution in [3.63, 3.8) is 0 Å². The van der Waals surface area contributed by atoms with Crippen LogP contribution in [0.3, 0.4) is 0 Å². The molecule has 0 aromatic heterocycles. The molecule has 1 heterocycles. The zero-order valence-corrected chi connectivity index (χ0v) is 16.8. The summed E-state index contributed by atoms with van der Waals surface area (Å²) in [4.78, 5) is 26.6. The summed E-state index contributed by atoms with van der Waals surface area (Å²) in [6.45, 7) is 0.346. The van der Waals surface area contributed by atoms with Crippen molar-refractivity contribution in [2.45, 2.75) is 12.5 Å². The van der Waals surface area contributed by atoms with E-state index < -0.39 is 22.1 Å². The molecule has 0 radical (unpaired) electrons. The van der Waals surface area contributed by atoms with E-state index in [4.69, 9.17) is 4.74 Å². The maximum Gasteiger partial charge on any atom is 0.339 e. The number of esters is 1. The predicted molar refractivity (Wildman–Crippen MR) is 106 cm³/mol. The number of amides is 1. The number of nitrogens with zero attached hydrogens (tertiary/aromatic N) is 2. The highest BCUT2D eigenvalue weighted by Crippen LogP contribution is 2.31. The molecule has 0 saturated carbocycles. The van der Waals surface area contributed by atoms with Crippen LogP contribution >= 0.6 is 0 Å². The van der Waals surface area contributed by atoms with E-state index in [0.29, 0.717) is 24.2 Å². The van der Waals surface area contributed by atoms with Crippen LogP contribution in [0.2, 0.25) is 0 Å². The minimum atomic E-state index is -3.36. The lowest BCUT2D eigenvalue weighted by molar-refractivity contribution is -0.138. The summed E-state index contributed by atoms with van der Waals surface area (Å²) < 4.78 is 30.6. The Morgan fingerprint density at radius 1 is 1.11 bits per heavy atom. The first-order valence-electron chi connectivity index (χ1n) is 8.76. The second-order valence-corrected chi connectivity index (χ2v) is 8.76. The number of rotatable bonds is 5. The van der Waals surface area contributed by atoms with Crippen molar-refractivity contribution < 1.29 is 22.7 Å². The van der Waals surface area contributed by atoms with Gasteiger partial charge in [-0.25, -0.2) is 13.2 Å². The second kappa shape index (κ2) is 7.63. The van der Waals surface area contributed by atoms with Gasteiger partial charge in [-0.2, -0.15) is 0 Å². The molecule has 0 fully saturated rings. The quantitative estimate of drug-likeness (QED) is 0.714. The zero-order chi connectivity index (χ0) is 20.5. The van der Waals surface area contributed by atoms with Crippen LogP contribution in [-0.4, -0.2) is 52.1 Å². The number of carbonyl (C=O) groups excluding carboxylic acids is 2. The fourth-order valence-corrected chi connectivity index (χ4v) is 4.10. The molecule has 0 spiro atoms. The largest absolute Gasteiger partial charge is 0.444 e. The molecule has 28 heavy (non-hydrogen) atoms. The van der Waals surface area contributed by atoms with Crippen LogP contribution in [0.1, 0.15) is 27.6 Å². The van der Waals surface area contributed by atoms with E-state index in [0.717, 1.165) is 11.8 Å². The van der Waals surface area contributed by atoms with Gasteiger partial charge in [0.1, 0.15) is 0 Å². The van der Waals surface area contributed by atoms with E-state index in [1.165, 1.54) is 15.3 Å². The minimum absolute atomic E-state index is 0.279. The van der Waals surface area contributed by atoms with Crippen molar-refractivity contribution in [2.75, 3.05) is 31.2 Å². The van der Waals surface area contributed by atoms with Crippen LogP contribution < -0.4 is 4.31 Å². The Labute approximate surface area is 164 Å². The Morgan fingerprint density at radius 2 is 1.79 bits per heavy atom. The van der Waals surface area contributed by atoms with E-state index >= 15 is 0 Å². The first-order chi connectivity index (χ1) is 13.2. The Morgan fingerprint density at radius 3 is 2.39 bits per heavy atom. The summed E-state index contributed by atoms with van der Waals surface area (Å²) in [5.74, 6) is -0.978. The Hall–Kier alpha value is -2.87. The van der Waals surface area contributed by atoms with Crippen molar-refractivity contribution in [2.24, 2.45) is 0 Å². The first-order valence-corrected chi connectivity index (χ1v) is 10.6. The van der Waals surface area contributed by atoms with Crippen LogP contribution in [-0.2, 0) is 26.0 Å². The highest BCUT2D eigenvalue weighted by molar-refractivity contribution is 7.92. The molecule has 7 nitrogen and oxygen atoms in total. The van der Waals surface area contributed by atoms with Gasteiger partial charge >= 0.3 is 5.97 Å². The number of sulfonamides is 1. The van der Waals surface area contributed by atoms with Gasteiger partial charge in [-0.3, -0.25) is 9.10 Å². The summed E-state index contributed by atoms with van der Waals surface area (Å²) >= 11 is 0. The molecule has 0 saturated heterocycles. The lowest BCUT2D eigenvalue weighted by Crippen LogP contribution is -2.31. The van der Waals surface area contributed by atoms with Gasteiger partial charge in [0, 0.05) is 26.2 Å². The molecule has 1 atom stereocenters. The molecular formula is C20H22N2O5S. The third-order valence-electron chi connectivity index (χ3n) is 4.56. The van der Waals surface area contributed by atoms with Crippen LogP contribution in [0.4, 0.5) is 5.69 Å². The standard InChI is InChI=1S/C20H22N2O5S/c1-21(2)19(23)18(14-7-5-4-6-8-14)27-20(24)16-9-10-17-15(13-16)11-12-22(17)28(3,25)26/h4-10,13,18H,11-12H2,1-3H3/t18-/m0/s1. The van der Waals surface area contributed by atoms with Crippen LogP contribution in [0.25, 0.3) is 0 Å². The third kappa shape index (κ3) is 4.01. The van der Waals surface area contributed by atoms with Crippen molar-refractivity contribution in [3.8, 4) is 0 Å². The molecule has 148 valence electrons. The smallest absolute Gasteiger partial charge is 0.339 e. The number of benzene rings is 2. The topological polar surface area (TPSA) is 84.0 Å². The monoisotopic (exact) mass is 402 g/mol. The molecule has 0 bridgehead atoms. The van der Waals surface area contributed by atoms with Gasteiger partial charge < -0.3 is 9.64 Å². The van der Waals surface area contributed by atoms with E-state index in [2.05, 4.69) is 0 Å². The van der Waals surface area contributed by atoms with E-state index in [1.54, 1.807) is 50.5 Å². The van der Waals surface area contributed by atoms with Crippen LogP contribution in [0.15, 0.2) is 48.5 Å². The van der Waals surface area contributed by atoms with Crippen molar-refractivity contribution in [1.82, 2.24) is 4.90 Å². The van der Waals surface area contributed by atoms with Gasteiger partial charge in [0.2, 0.25) is 16.1 Å². The van der Waals surface area contributed by atoms with Crippen LogP contribution in [0, 0.1) is 0 Å². The molecule has 0 unspecified atom stereocenters. The number of ether oxygens (including phenoxy) is 1. The highest BCUT2D eigenvalue weighted by atomic mass is 32.2. The van der Waals surface area contributed by atoms with Gasteiger partial charge in [-0.1, -0.05) is 30.3 Å². The number of hydrogen-bond acceptors (Lipinski definition) is 5. The predicted octanol–water partition coefficient (Wildman–Crippen LogP) is 2.00. The lowest BCUT2D eigenvalue weighted by Gasteiger charge is -2.21. The molecule has 2 aromatic rings. The SMILES string of the molecule is CN(C)C(=O)[C@@H](OC(=O)c1ccc2c(c1)CCN2S(C)(=O)=O)c1ccccc1. The first kappa shape index (κ1) is 19.9. The fraction of sp³-hybridized carbons (Fsp3) is 0.300. The number of hydrogen-bond donors (Lipinski definition) is 0. The Balaban J connectivity index is 1.86. The average Bonchev–Trinajstić information content (AvgIpc) is 3.09. The van der Waals surface area contributed by atoms with Crippen molar-refractivity contribution in [3.05, 3.63) is 65.2 Å². The van der Waals surface area contributed by atoms with Crippen molar-refractivity contribution in [1.29, 1.82) is 0 Å². The molecule has 1 aliphatic rings. The third-order valence-corrected chi connectivity index (χ3v) is 5.74. The van der Waals surface area contributed by atoms with E-state index in [-0.39, 0.29) is 11.5 Å². The fourth-order valence-electron chi connectivity index (χ4n) is 3.14. The number of carbonyl (C=O) groups is 2. The summed E-state index contributed by atoms with van der Waals surface area (Å²) in [6, 6.07) is 13.6. The average molecular weight is 402 g/mol. The molecule has 2 aromatic carbocycles. The van der Waals surface area contributed by atoms with Gasteiger partial charge in [0.05, 0.1) is 17.5 Å². The second-order valence-electron chi connectivity index (χ2n) is 6.86. The molecule has 0 N–H and O–H groups in total. The maximum atomic E-state index is 12.7. The van der Waals surface area contributed by atoms with E-state index in [1.807, 2.05) is 6.07 Å². The summed E-state index contributed by atoms with van der Waals surface area (Å²) in [6.07, 6.45) is 0.619. The van der Waals surface area contributed by atoms with Crippen LogP contribution in [0.5, 0.6) is 0 Å². The molecule has 8 heteroatoms. The van der Waals surface area contributed by atoms with E-state index in [9.17, 15) is 18.0 Å². The van der Waals surface area contributed by atoms with Gasteiger partial charge in [-0.05, 0) is 30.2 Å². The normalized spacial score (nSPS) is 14.3. The molecule has 0 aliphatic carbocycles. The summed E-state index contributed by atoms with van der Waals surface area (Å²) in [5.41, 5.74) is 2.19. The number of likely N-dealkylation sites (N-methyl/N-ethyl adjacent to an activating group) is 1. The number of anilines is 1. The lowest BCUT2D eigenvalue weighted by atomic mass is 10.1. The molecule has 1 aliphatic heterocycles. The molecule has 3 rings (SSSR count).